The van der Waals surface area contributed by atoms with Crippen molar-refractivity contribution in [3.63, 3.8) is 0 Å². The number of hydrogen-bond donors (Lipinski definition) is 0. The molecule has 0 amide bonds. The van der Waals surface area contributed by atoms with Crippen LogP contribution in [0.3, 0.4) is 0 Å². The maximum Gasteiger partial charge on any atom is 0.360 e. The molecule has 0 saturated heterocycles. The van der Waals surface area contributed by atoms with Gasteiger partial charge in [0.25, 0.3) is 10.0 Å². The number of rotatable bonds is 4. The predicted molar refractivity (Wildman–Crippen MR) is 107 cm³/mol. The summed E-state index contributed by atoms with van der Waals surface area (Å²) in [6, 6.07) is 14.2. The van der Waals surface area contributed by atoms with E-state index in [-0.39, 0.29) is 32.7 Å². The number of fused-ring (bicyclic) bond motifs is 3. The van der Waals surface area contributed by atoms with E-state index in [1.807, 2.05) is 0 Å². The van der Waals surface area contributed by atoms with E-state index in [1.165, 1.54) is 19.2 Å². The number of esters is 2. The van der Waals surface area contributed by atoms with Crippen molar-refractivity contribution >= 4 is 43.8 Å². The van der Waals surface area contributed by atoms with E-state index < -0.39 is 22.0 Å². The fraction of sp³-hybridized carbons (Fsp3) is 0.100. The molecule has 152 valence electrons. The van der Waals surface area contributed by atoms with Gasteiger partial charge in [0, 0.05) is 10.8 Å². The minimum Gasteiger partial charge on any atom is -0.464 e. The van der Waals surface area contributed by atoms with Crippen molar-refractivity contribution in [1.29, 1.82) is 0 Å². The molecule has 0 aliphatic heterocycles. The van der Waals surface area contributed by atoms with Crippen molar-refractivity contribution in [1.82, 2.24) is 14.2 Å². The summed E-state index contributed by atoms with van der Waals surface area (Å²) in [6.07, 6.45) is 0. The number of hydrogen-bond acceptors (Lipinski definition) is 8. The highest BCUT2D eigenvalue weighted by molar-refractivity contribution is 7.90. The molecule has 2 heterocycles. The quantitative estimate of drug-likeness (QED) is 0.458. The van der Waals surface area contributed by atoms with E-state index in [1.54, 1.807) is 42.5 Å². The highest BCUT2D eigenvalue weighted by Gasteiger charge is 2.31. The van der Waals surface area contributed by atoms with Crippen molar-refractivity contribution in [2.24, 2.45) is 0 Å². The van der Waals surface area contributed by atoms with Gasteiger partial charge in [-0.25, -0.2) is 22.0 Å². The number of carbonyl (C=O) groups is 2. The smallest absolute Gasteiger partial charge is 0.360 e. The molecule has 0 spiro atoms. The molecule has 9 nitrogen and oxygen atoms in total. The van der Waals surface area contributed by atoms with Crippen LogP contribution in [-0.4, -0.2) is 48.7 Å². The Hall–Kier alpha value is -3.79. The van der Waals surface area contributed by atoms with Gasteiger partial charge >= 0.3 is 11.9 Å². The Morgan fingerprint density at radius 1 is 0.833 bits per heavy atom. The lowest BCUT2D eigenvalue weighted by atomic mass is 10.1. The van der Waals surface area contributed by atoms with Gasteiger partial charge in [0.15, 0.2) is 11.4 Å². The molecule has 0 bridgehead atoms. The lowest BCUT2D eigenvalue weighted by molar-refractivity contribution is 0.0577. The molecule has 10 heteroatoms. The fourth-order valence-electron chi connectivity index (χ4n) is 3.28. The van der Waals surface area contributed by atoms with Crippen LogP contribution in [0.1, 0.15) is 21.0 Å². The summed E-state index contributed by atoms with van der Waals surface area (Å²) in [4.78, 5) is 24.8. The van der Waals surface area contributed by atoms with Gasteiger partial charge in [-0.2, -0.15) is 0 Å². The zero-order valence-electron chi connectivity index (χ0n) is 15.9. The monoisotopic (exact) mass is 425 g/mol. The Morgan fingerprint density at radius 3 is 2.07 bits per heavy atom. The number of para-hydroxylation sites is 1. The average molecular weight is 425 g/mol. The summed E-state index contributed by atoms with van der Waals surface area (Å²) in [5.41, 5.74) is -0.405. The Morgan fingerprint density at radius 2 is 1.40 bits per heavy atom. The van der Waals surface area contributed by atoms with Crippen LogP contribution in [0, 0.1) is 0 Å². The second-order valence-electron chi connectivity index (χ2n) is 6.20. The molecule has 0 atom stereocenters. The molecule has 0 aliphatic carbocycles. The predicted octanol–water partition coefficient (Wildman–Crippen LogP) is 2.39. The van der Waals surface area contributed by atoms with E-state index in [2.05, 4.69) is 10.2 Å². The molecule has 4 rings (SSSR count). The number of benzene rings is 2. The molecular formula is C20H15N3O6S. The molecule has 0 radical (unpaired) electrons. The van der Waals surface area contributed by atoms with Crippen molar-refractivity contribution in [2.75, 3.05) is 14.2 Å². The number of methoxy groups -OCH3 is 2. The van der Waals surface area contributed by atoms with Gasteiger partial charge < -0.3 is 9.47 Å². The van der Waals surface area contributed by atoms with Gasteiger partial charge in [-0.1, -0.05) is 36.4 Å². The number of carbonyl (C=O) groups excluding carboxylic acids is 2. The van der Waals surface area contributed by atoms with E-state index in [9.17, 15) is 18.0 Å². The van der Waals surface area contributed by atoms with Crippen LogP contribution in [0.4, 0.5) is 0 Å². The molecular weight excluding hydrogens is 410 g/mol. The van der Waals surface area contributed by atoms with Crippen molar-refractivity contribution in [3.05, 3.63) is 66.0 Å². The molecule has 0 N–H and O–H groups in total. The second kappa shape index (κ2) is 7.23. The minimum absolute atomic E-state index is 0.0000934. The largest absolute Gasteiger partial charge is 0.464 e. The first-order valence-corrected chi connectivity index (χ1v) is 10.1. The van der Waals surface area contributed by atoms with Gasteiger partial charge in [-0.05, 0) is 18.2 Å². The van der Waals surface area contributed by atoms with Gasteiger partial charge in [-0.3, -0.25) is 0 Å². The summed E-state index contributed by atoms with van der Waals surface area (Å²) in [5.74, 6) is -1.71. The average Bonchev–Trinajstić information content (AvgIpc) is 3.14. The van der Waals surface area contributed by atoms with Crippen molar-refractivity contribution in [3.8, 4) is 0 Å². The van der Waals surface area contributed by atoms with Crippen LogP contribution >= 0.6 is 0 Å². The minimum atomic E-state index is -4.17. The van der Waals surface area contributed by atoms with Crippen molar-refractivity contribution < 1.29 is 27.5 Å². The van der Waals surface area contributed by atoms with E-state index in [0.717, 1.165) is 11.1 Å². The summed E-state index contributed by atoms with van der Waals surface area (Å²) < 4.78 is 37.7. The van der Waals surface area contributed by atoms with Crippen LogP contribution < -0.4 is 0 Å². The molecule has 4 aromatic rings. The highest BCUT2D eigenvalue weighted by Crippen LogP contribution is 2.35. The zero-order chi connectivity index (χ0) is 21.5. The highest BCUT2D eigenvalue weighted by atomic mass is 32.2. The lowest BCUT2D eigenvalue weighted by Crippen LogP contribution is -2.18. The summed E-state index contributed by atoms with van der Waals surface area (Å²) in [5, 5.41) is 8.16. The molecule has 30 heavy (non-hydrogen) atoms. The van der Waals surface area contributed by atoms with Crippen LogP contribution in [0.5, 0.6) is 0 Å². The fourth-order valence-corrected chi connectivity index (χ4v) is 4.83. The Labute approximate surface area is 170 Å². The number of nitrogens with zero attached hydrogens (tertiary/aromatic N) is 3. The molecule has 0 aliphatic rings. The van der Waals surface area contributed by atoms with Gasteiger partial charge in [-0.15, -0.1) is 10.2 Å². The third kappa shape index (κ3) is 2.80. The topological polar surface area (TPSA) is 117 Å². The van der Waals surface area contributed by atoms with E-state index in [0.29, 0.717) is 5.39 Å². The molecule has 2 aromatic carbocycles. The molecule has 0 unspecified atom stereocenters. The normalized spacial score (nSPS) is 11.5. The third-order valence-corrected chi connectivity index (χ3v) is 6.31. The summed E-state index contributed by atoms with van der Waals surface area (Å²) >= 11 is 0. The summed E-state index contributed by atoms with van der Waals surface area (Å²) in [7, 11) is -1.86. The first-order chi connectivity index (χ1) is 14.4. The van der Waals surface area contributed by atoms with Gasteiger partial charge in [0.1, 0.15) is 5.52 Å². The molecule has 0 fully saturated rings. The maximum atomic E-state index is 13.6. The van der Waals surface area contributed by atoms with Gasteiger partial charge in [0.05, 0.1) is 24.6 Å². The van der Waals surface area contributed by atoms with E-state index in [4.69, 9.17) is 9.47 Å². The standard InChI is InChI=1S/C20H15N3O6S/c1-28-19(24)16-15-13-10-6-7-11-14(13)23(18(15)17(22-21-16)20(25)29-2)30(26,27)12-8-4-3-5-9-12/h3-11H,1-2H3. The summed E-state index contributed by atoms with van der Waals surface area (Å²) in [6.45, 7) is 0. The first kappa shape index (κ1) is 19.5. The Kier molecular flexibility index (Phi) is 4.70. The van der Waals surface area contributed by atoms with Crippen LogP contribution in [-0.2, 0) is 19.5 Å². The van der Waals surface area contributed by atoms with Crippen LogP contribution in [0.2, 0.25) is 0 Å². The Balaban J connectivity index is 2.27. The lowest BCUT2D eigenvalue weighted by Gasteiger charge is -2.11. The maximum absolute atomic E-state index is 13.6. The van der Waals surface area contributed by atoms with Gasteiger partial charge in [0.2, 0.25) is 0 Å². The molecule has 0 saturated carbocycles. The first-order valence-electron chi connectivity index (χ1n) is 8.69. The Bertz CT molecular complexity index is 1410. The SMILES string of the molecule is COC(=O)c1nnc(C(=O)OC)c2c1c1ccccc1n2S(=O)(=O)c1ccccc1. The van der Waals surface area contributed by atoms with E-state index >= 15 is 0 Å². The zero-order valence-corrected chi connectivity index (χ0v) is 16.7. The van der Waals surface area contributed by atoms with Crippen LogP contribution in [0.25, 0.3) is 21.8 Å². The number of ether oxygens (including phenoxy) is 2. The third-order valence-electron chi connectivity index (χ3n) is 4.58. The van der Waals surface area contributed by atoms with Crippen molar-refractivity contribution in [2.45, 2.75) is 4.90 Å². The molecule has 2 aromatic heterocycles. The number of aromatic nitrogens is 3. The van der Waals surface area contributed by atoms with Crippen LogP contribution in [0.15, 0.2) is 59.5 Å². The second-order valence-corrected chi connectivity index (χ2v) is 7.99.